The second-order valence-corrected chi connectivity index (χ2v) is 4.56. The van der Waals surface area contributed by atoms with Crippen molar-refractivity contribution in [3.05, 3.63) is 69.2 Å². The van der Waals surface area contributed by atoms with Gasteiger partial charge in [0.15, 0.2) is 0 Å². The molecule has 5 nitrogen and oxygen atoms in total. The third-order valence-corrected chi connectivity index (χ3v) is 2.92. The average Bonchev–Trinajstić information content (AvgIpc) is 2.46. The number of hydrazone groups is 1. The summed E-state index contributed by atoms with van der Waals surface area (Å²) in [7, 11) is 0. The summed E-state index contributed by atoms with van der Waals surface area (Å²) < 4.78 is 0. The van der Waals surface area contributed by atoms with E-state index in [-0.39, 0.29) is 5.69 Å². The molecule has 2 aromatic rings. The second kappa shape index (κ2) is 6.16. The molecule has 102 valence electrons. The molecular formula is C14H12ClN3O2. The molecule has 0 fully saturated rings. The first-order chi connectivity index (χ1) is 9.56. The fourth-order valence-corrected chi connectivity index (χ4v) is 1.71. The van der Waals surface area contributed by atoms with E-state index >= 15 is 0 Å². The van der Waals surface area contributed by atoms with E-state index < -0.39 is 4.92 Å². The first-order valence-electron chi connectivity index (χ1n) is 5.87. The van der Waals surface area contributed by atoms with Gasteiger partial charge in [0.25, 0.3) is 5.69 Å². The number of rotatable bonds is 4. The summed E-state index contributed by atoms with van der Waals surface area (Å²) in [6.07, 6.45) is 0. The van der Waals surface area contributed by atoms with Crippen molar-refractivity contribution in [2.24, 2.45) is 5.10 Å². The largest absolute Gasteiger partial charge is 0.278 e. The van der Waals surface area contributed by atoms with Crippen LogP contribution in [0.2, 0.25) is 5.02 Å². The molecule has 20 heavy (non-hydrogen) atoms. The van der Waals surface area contributed by atoms with Crippen LogP contribution in [0.15, 0.2) is 53.6 Å². The van der Waals surface area contributed by atoms with E-state index in [0.29, 0.717) is 16.3 Å². The van der Waals surface area contributed by atoms with Gasteiger partial charge in [0, 0.05) is 22.7 Å². The first kappa shape index (κ1) is 14.0. The zero-order valence-electron chi connectivity index (χ0n) is 10.7. The molecule has 0 heterocycles. The lowest BCUT2D eigenvalue weighted by Gasteiger charge is -2.03. The monoisotopic (exact) mass is 289 g/mol. The van der Waals surface area contributed by atoms with E-state index in [9.17, 15) is 10.1 Å². The number of halogens is 1. The van der Waals surface area contributed by atoms with Crippen LogP contribution in [0.1, 0.15) is 12.5 Å². The zero-order valence-corrected chi connectivity index (χ0v) is 11.5. The number of benzene rings is 2. The van der Waals surface area contributed by atoms with E-state index in [2.05, 4.69) is 10.5 Å². The maximum absolute atomic E-state index is 10.7. The van der Waals surface area contributed by atoms with Crippen LogP contribution in [0, 0.1) is 10.1 Å². The number of hydrogen-bond donors (Lipinski definition) is 1. The van der Waals surface area contributed by atoms with Gasteiger partial charge in [-0.25, -0.2) is 0 Å². The fraction of sp³-hybridized carbons (Fsp3) is 0.0714. The molecule has 0 amide bonds. The molecule has 0 saturated heterocycles. The third-order valence-electron chi connectivity index (χ3n) is 2.67. The van der Waals surface area contributed by atoms with Crippen LogP contribution in [0.3, 0.4) is 0 Å². The smallest absolute Gasteiger partial charge is 0.270 e. The van der Waals surface area contributed by atoms with E-state index in [4.69, 9.17) is 11.6 Å². The number of hydrogen-bond acceptors (Lipinski definition) is 4. The van der Waals surface area contributed by atoms with Crippen molar-refractivity contribution >= 4 is 28.7 Å². The van der Waals surface area contributed by atoms with Gasteiger partial charge in [0.2, 0.25) is 0 Å². The van der Waals surface area contributed by atoms with Gasteiger partial charge in [0.05, 0.1) is 16.3 Å². The quantitative estimate of drug-likeness (QED) is 0.524. The Morgan fingerprint density at radius 2 is 1.95 bits per heavy atom. The van der Waals surface area contributed by atoms with Crippen molar-refractivity contribution < 1.29 is 4.92 Å². The summed E-state index contributed by atoms with van der Waals surface area (Å²) in [5, 5.41) is 15.6. The van der Waals surface area contributed by atoms with E-state index in [1.165, 1.54) is 12.1 Å². The summed E-state index contributed by atoms with van der Waals surface area (Å²) in [6, 6.07) is 13.4. The minimum absolute atomic E-state index is 0.0449. The lowest BCUT2D eigenvalue weighted by molar-refractivity contribution is -0.384. The number of nitrogens with zero attached hydrogens (tertiary/aromatic N) is 2. The van der Waals surface area contributed by atoms with Crippen LogP contribution < -0.4 is 5.43 Å². The standard InChI is InChI=1S/C14H12ClN3O2/c1-10(11-3-2-4-14(9-11)18(19)20)16-17-13-7-5-12(15)6-8-13/h2-9,17H,1H3/b16-10-. The van der Waals surface area contributed by atoms with Crippen molar-refractivity contribution in [3.8, 4) is 0 Å². The average molecular weight is 290 g/mol. The third kappa shape index (κ3) is 3.55. The van der Waals surface area contributed by atoms with Crippen LogP contribution in [0.5, 0.6) is 0 Å². The van der Waals surface area contributed by atoms with Gasteiger partial charge in [-0.2, -0.15) is 5.10 Å². The van der Waals surface area contributed by atoms with Crippen LogP contribution in [0.4, 0.5) is 11.4 Å². The van der Waals surface area contributed by atoms with Gasteiger partial charge in [-0.05, 0) is 31.2 Å². The van der Waals surface area contributed by atoms with Gasteiger partial charge < -0.3 is 0 Å². The maximum Gasteiger partial charge on any atom is 0.270 e. The highest BCUT2D eigenvalue weighted by Crippen LogP contribution is 2.15. The number of nitro groups is 1. The molecule has 0 aliphatic heterocycles. The Labute approximate surface area is 121 Å². The minimum atomic E-state index is -0.427. The number of anilines is 1. The predicted octanol–water partition coefficient (Wildman–Crippen LogP) is 4.08. The molecular weight excluding hydrogens is 278 g/mol. The first-order valence-corrected chi connectivity index (χ1v) is 6.25. The van der Waals surface area contributed by atoms with Gasteiger partial charge in [0.1, 0.15) is 0 Å². The molecule has 6 heteroatoms. The summed E-state index contributed by atoms with van der Waals surface area (Å²) >= 11 is 5.79. The Kier molecular flexibility index (Phi) is 4.32. The van der Waals surface area contributed by atoms with E-state index in [1.54, 1.807) is 43.3 Å². The molecule has 0 spiro atoms. The Morgan fingerprint density at radius 1 is 1.25 bits per heavy atom. The molecule has 0 aliphatic carbocycles. The van der Waals surface area contributed by atoms with Crippen molar-refractivity contribution in [3.63, 3.8) is 0 Å². The molecule has 0 atom stereocenters. The summed E-state index contributed by atoms with van der Waals surface area (Å²) in [4.78, 5) is 10.3. The summed E-state index contributed by atoms with van der Waals surface area (Å²) in [6.45, 7) is 1.78. The van der Waals surface area contributed by atoms with Crippen molar-refractivity contribution in [2.75, 3.05) is 5.43 Å². The van der Waals surface area contributed by atoms with Crippen molar-refractivity contribution in [1.29, 1.82) is 0 Å². The highest BCUT2D eigenvalue weighted by Gasteiger charge is 2.07. The molecule has 0 bridgehead atoms. The van der Waals surface area contributed by atoms with Crippen LogP contribution in [-0.2, 0) is 0 Å². The zero-order chi connectivity index (χ0) is 14.5. The van der Waals surface area contributed by atoms with Crippen LogP contribution in [-0.4, -0.2) is 10.6 Å². The second-order valence-electron chi connectivity index (χ2n) is 4.12. The van der Waals surface area contributed by atoms with Gasteiger partial charge in [-0.1, -0.05) is 23.7 Å². The molecule has 1 N–H and O–H groups in total. The Morgan fingerprint density at radius 3 is 2.60 bits per heavy atom. The Balaban J connectivity index is 2.16. The normalized spacial score (nSPS) is 11.2. The molecule has 0 aliphatic rings. The molecule has 0 radical (unpaired) electrons. The minimum Gasteiger partial charge on any atom is -0.278 e. The highest BCUT2D eigenvalue weighted by molar-refractivity contribution is 6.30. The van der Waals surface area contributed by atoms with E-state index in [1.807, 2.05) is 0 Å². The van der Waals surface area contributed by atoms with Crippen molar-refractivity contribution in [1.82, 2.24) is 0 Å². The summed E-state index contributed by atoms with van der Waals surface area (Å²) in [5.41, 5.74) is 5.07. The molecule has 2 aromatic carbocycles. The number of nitro benzene ring substituents is 1. The van der Waals surface area contributed by atoms with Gasteiger partial charge >= 0.3 is 0 Å². The van der Waals surface area contributed by atoms with Crippen molar-refractivity contribution in [2.45, 2.75) is 6.92 Å². The summed E-state index contributed by atoms with van der Waals surface area (Å²) in [5.74, 6) is 0. The number of nitrogens with one attached hydrogen (secondary N) is 1. The van der Waals surface area contributed by atoms with Gasteiger partial charge in [-0.15, -0.1) is 0 Å². The predicted molar refractivity (Wildman–Crippen MR) is 80.4 cm³/mol. The highest BCUT2D eigenvalue weighted by atomic mass is 35.5. The van der Waals surface area contributed by atoms with E-state index in [0.717, 1.165) is 5.69 Å². The van der Waals surface area contributed by atoms with Crippen LogP contribution in [0.25, 0.3) is 0 Å². The number of non-ortho nitro benzene ring substituents is 1. The molecule has 0 aromatic heterocycles. The fourth-order valence-electron chi connectivity index (χ4n) is 1.58. The molecule has 0 saturated carbocycles. The Hall–Kier alpha value is -2.40. The van der Waals surface area contributed by atoms with Gasteiger partial charge in [-0.3, -0.25) is 15.5 Å². The van der Waals surface area contributed by atoms with Crippen LogP contribution >= 0.6 is 11.6 Å². The SMILES string of the molecule is C/C(=N/Nc1ccc(Cl)cc1)c1cccc([N+](=O)[O-])c1. The molecule has 2 rings (SSSR count). The molecule has 0 unspecified atom stereocenters. The lowest BCUT2D eigenvalue weighted by Crippen LogP contribution is -2.00. The topological polar surface area (TPSA) is 67.5 Å². The Bertz CT molecular complexity index is 654. The maximum atomic E-state index is 10.7. The lowest BCUT2D eigenvalue weighted by atomic mass is 10.1.